The number of hydrogen-bond acceptors (Lipinski definition) is 7. The maximum Gasteiger partial charge on any atom is 0.257 e. The molecule has 12 nitrogen and oxygen atoms in total. The van der Waals surface area contributed by atoms with Gasteiger partial charge < -0.3 is 29.9 Å². The smallest absolute Gasteiger partial charge is 0.257 e. The molecule has 3 N–H and O–H groups in total. The number of anilines is 2. The van der Waals surface area contributed by atoms with E-state index in [1.807, 2.05) is 115 Å². The predicted octanol–water partition coefficient (Wildman–Crippen LogP) is 6.38. The predicted molar refractivity (Wildman–Crippen MR) is 209 cm³/mol. The minimum atomic E-state index is -0.770. The molecule has 4 atom stereocenters. The quantitative estimate of drug-likeness (QED) is 0.135. The molecule has 55 heavy (non-hydrogen) atoms. The molecule has 0 aliphatic carbocycles. The number of H-pyrrole nitrogens is 1. The van der Waals surface area contributed by atoms with Crippen LogP contribution in [-0.2, 0) is 28.7 Å². The lowest BCUT2D eigenvalue weighted by atomic mass is 10.1. The Morgan fingerprint density at radius 1 is 0.636 bits per heavy atom. The molecule has 0 bridgehead atoms. The highest BCUT2D eigenvalue weighted by atomic mass is 16.5. The Morgan fingerprint density at radius 3 is 1.51 bits per heavy atom. The molecule has 0 radical (unpaired) electrons. The highest BCUT2D eigenvalue weighted by Crippen LogP contribution is 2.30. The largest absolute Gasteiger partial charge is 0.367 e. The Morgan fingerprint density at radius 2 is 1.07 bits per heavy atom. The number of methoxy groups -OCH3 is 2. The Labute approximate surface area is 319 Å². The molecule has 3 heterocycles. The second-order valence-electron chi connectivity index (χ2n) is 13.7. The fourth-order valence-electron chi connectivity index (χ4n) is 7.45. The van der Waals surface area contributed by atoms with Crippen molar-refractivity contribution in [1.82, 2.24) is 20.0 Å². The van der Waals surface area contributed by atoms with Gasteiger partial charge >= 0.3 is 0 Å². The van der Waals surface area contributed by atoms with Crippen LogP contribution in [0.4, 0.5) is 11.4 Å². The molecule has 12 heteroatoms. The van der Waals surface area contributed by atoms with Gasteiger partial charge in [0.2, 0.25) is 11.8 Å². The van der Waals surface area contributed by atoms with Crippen molar-refractivity contribution in [2.75, 3.05) is 37.9 Å². The average molecular weight is 741 g/mol. The zero-order chi connectivity index (χ0) is 38.3. The number of amides is 4. The lowest BCUT2D eigenvalue weighted by molar-refractivity contribution is -0.146. The Hall–Kier alpha value is -6.11. The summed E-state index contributed by atoms with van der Waals surface area (Å²) in [6.45, 7) is 0.989. The van der Waals surface area contributed by atoms with E-state index in [-0.39, 0.29) is 23.6 Å². The number of aromatic nitrogens is 2. The van der Waals surface area contributed by atoms with E-state index in [2.05, 4.69) is 20.8 Å². The van der Waals surface area contributed by atoms with Gasteiger partial charge in [0.1, 0.15) is 12.1 Å². The molecular weight excluding hydrogens is 697 g/mol. The minimum Gasteiger partial charge on any atom is -0.367 e. The van der Waals surface area contributed by atoms with Crippen molar-refractivity contribution in [1.29, 1.82) is 0 Å². The molecule has 2 saturated heterocycles. The molecule has 2 aliphatic rings. The Balaban J connectivity index is 0.944. The van der Waals surface area contributed by atoms with Gasteiger partial charge in [0.15, 0.2) is 12.2 Å². The highest BCUT2D eigenvalue weighted by Gasteiger charge is 2.39. The summed E-state index contributed by atoms with van der Waals surface area (Å²) in [5, 5.41) is 13.5. The molecule has 2 fully saturated rings. The van der Waals surface area contributed by atoms with Crippen LogP contribution in [0.1, 0.15) is 49.0 Å². The molecule has 282 valence electrons. The zero-order valence-electron chi connectivity index (χ0n) is 30.8. The van der Waals surface area contributed by atoms with E-state index in [4.69, 9.17) is 9.47 Å². The molecular formula is C43H44N6O6. The summed E-state index contributed by atoms with van der Waals surface area (Å²) in [7, 11) is 3.01. The number of rotatable bonds is 12. The van der Waals surface area contributed by atoms with Crippen LogP contribution >= 0.6 is 0 Å². The maximum absolute atomic E-state index is 13.4. The summed E-state index contributed by atoms with van der Waals surface area (Å²) in [5.41, 5.74) is 5.99. The molecule has 1 unspecified atom stereocenters. The fourth-order valence-corrected chi connectivity index (χ4v) is 7.45. The average Bonchev–Trinajstić information content (AvgIpc) is 4.02. The van der Waals surface area contributed by atoms with Crippen LogP contribution < -0.4 is 10.6 Å². The summed E-state index contributed by atoms with van der Waals surface area (Å²) < 4.78 is 11.1. The number of aromatic amines is 1. The standard InChI is InChI=1S/C43H44N6O6/c1-54-38(30-11-5-3-6-12-30)42(52)48-25-9-15-36(48)40(50)44-32-21-17-28(18-22-32)34-27-35(47-46-34)29-19-23-33(24-20-29)45-41(51)37-16-10-26-49(37)43(53)39(55-2)31-13-7-4-8-14-31/h3-8,11-14,17-24,27,36-39H,9-10,15-16,25-26H2,1-2H3,(H,44,50)(H,45,51)(H,46,47)/t36-,37?,38+,39+/m0/s1. The summed E-state index contributed by atoms with van der Waals surface area (Å²) in [4.78, 5) is 56.8. The van der Waals surface area contributed by atoms with Crippen molar-refractivity contribution in [2.24, 2.45) is 0 Å². The van der Waals surface area contributed by atoms with E-state index in [1.54, 1.807) is 9.80 Å². The van der Waals surface area contributed by atoms with Gasteiger partial charge in [-0.25, -0.2) is 0 Å². The summed E-state index contributed by atoms with van der Waals surface area (Å²) in [6, 6.07) is 34.2. The van der Waals surface area contributed by atoms with Crippen LogP contribution in [0.15, 0.2) is 115 Å². The third-order valence-corrected chi connectivity index (χ3v) is 10.3. The number of carbonyl (C=O) groups is 4. The molecule has 7 rings (SSSR count). The van der Waals surface area contributed by atoms with E-state index in [9.17, 15) is 19.2 Å². The first kappa shape index (κ1) is 37.2. The monoisotopic (exact) mass is 740 g/mol. The van der Waals surface area contributed by atoms with Gasteiger partial charge in [-0.2, -0.15) is 5.10 Å². The van der Waals surface area contributed by atoms with Crippen LogP contribution in [0.3, 0.4) is 0 Å². The van der Waals surface area contributed by atoms with Gasteiger partial charge in [-0.3, -0.25) is 24.3 Å². The lowest BCUT2D eigenvalue weighted by Crippen LogP contribution is -2.45. The molecule has 4 amide bonds. The normalized spacial score (nSPS) is 17.8. The van der Waals surface area contributed by atoms with E-state index >= 15 is 0 Å². The molecule has 5 aromatic rings. The van der Waals surface area contributed by atoms with Gasteiger partial charge in [0, 0.05) is 44.2 Å². The Bertz CT molecular complexity index is 1960. The van der Waals surface area contributed by atoms with Crippen molar-refractivity contribution in [3.8, 4) is 22.5 Å². The molecule has 2 aliphatic heterocycles. The molecule has 1 aromatic heterocycles. The molecule has 0 saturated carbocycles. The van der Waals surface area contributed by atoms with Crippen molar-refractivity contribution >= 4 is 35.0 Å². The fraction of sp³-hybridized carbons (Fsp3) is 0.279. The molecule has 0 spiro atoms. The summed E-state index contributed by atoms with van der Waals surface area (Å²) in [5.74, 6) is -0.915. The highest BCUT2D eigenvalue weighted by molar-refractivity contribution is 5.99. The first-order chi connectivity index (χ1) is 26.8. The number of nitrogens with one attached hydrogen (secondary N) is 3. The van der Waals surface area contributed by atoms with Crippen molar-refractivity contribution in [3.63, 3.8) is 0 Å². The topological polar surface area (TPSA) is 146 Å². The number of ether oxygens (including phenoxy) is 2. The zero-order valence-corrected chi connectivity index (χ0v) is 30.8. The second kappa shape index (κ2) is 16.9. The van der Waals surface area contributed by atoms with Gasteiger partial charge in [-0.15, -0.1) is 0 Å². The van der Waals surface area contributed by atoms with Crippen LogP contribution in [-0.4, -0.2) is 83.0 Å². The van der Waals surface area contributed by atoms with Crippen LogP contribution in [0.5, 0.6) is 0 Å². The van der Waals surface area contributed by atoms with Gasteiger partial charge in [-0.05, 0) is 72.7 Å². The number of carbonyl (C=O) groups excluding carboxylic acids is 4. The number of hydrogen-bond donors (Lipinski definition) is 3. The lowest BCUT2D eigenvalue weighted by Gasteiger charge is -2.27. The number of nitrogens with zero attached hydrogens (tertiary/aromatic N) is 3. The first-order valence-electron chi connectivity index (χ1n) is 18.5. The first-order valence-corrected chi connectivity index (χ1v) is 18.5. The van der Waals surface area contributed by atoms with Gasteiger partial charge in [0.05, 0.1) is 11.4 Å². The van der Waals surface area contributed by atoms with E-state index in [0.29, 0.717) is 37.3 Å². The van der Waals surface area contributed by atoms with Crippen LogP contribution in [0.25, 0.3) is 22.5 Å². The number of benzene rings is 4. The van der Waals surface area contributed by atoms with Crippen molar-refractivity contribution in [3.05, 3.63) is 126 Å². The Kier molecular flexibility index (Phi) is 11.4. The summed E-state index contributed by atoms with van der Waals surface area (Å²) in [6.07, 6.45) is 1.09. The third-order valence-electron chi connectivity index (χ3n) is 10.3. The molecule has 4 aromatic carbocycles. The summed E-state index contributed by atoms with van der Waals surface area (Å²) >= 11 is 0. The minimum absolute atomic E-state index is 0.222. The van der Waals surface area contributed by atoms with Crippen LogP contribution in [0.2, 0.25) is 0 Å². The van der Waals surface area contributed by atoms with Gasteiger partial charge in [-0.1, -0.05) is 84.9 Å². The maximum atomic E-state index is 13.4. The van der Waals surface area contributed by atoms with Crippen molar-refractivity contribution in [2.45, 2.75) is 50.0 Å². The van der Waals surface area contributed by atoms with E-state index < -0.39 is 24.3 Å². The van der Waals surface area contributed by atoms with Crippen LogP contribution in [0, 0.1) is 0 Å². The SMILES string of the molecule is CO[C@@H](C(=O)N1CCCC1C(=O)Nc1ccc(-c2cc(-c3ccc(NC(=O)[C@@H]4CCCN4C(=O)[C@H](OC)c4ccccc4)cc3)n[nH]2)cc1)c1ccccc1. The van der Waals surface area contributed by atoms with Crippen molar-refractivity contribution < 1.29 is 28.7 Å². The van der Waals surface area contributed by atoms with E-state index in [0.717, 1.165) is 46.5 Å². The van der Waals surface area contributed by atoms with Gasteiger partial charge in [0.25, 0.3) is 11.8 Å². The third kappa shape index (κ3) is 8.20. The second-order valence-corrected chi connectivity index (χ2v) is 13.7. The van der Waals surface area contributed by atoms with E-state index in [1.165, 1.54) is 14.2 Å². The number of likely N-dealkylation sites (tertiary alicyclic amines) is 2.